The Morgan fingerprint density at radius 3 is 2.32 bits per heavy atom. The Labute approximate surface area is 133 Å². The molecule has 1 heterocycles. The molecular weight excluding hydrogens is 273 g/mol. The van der Waals surface area contributed by atoms with Gasteiger partial charge in [0.05, 0.1) is 5.69 Å². The van der Waals surface area contributed by atoms with E-state index in [4.69, 9.17) is 0 Å². The lowest BCUT2D eigenvalue weighted by molar-refractivity contribution is 0.568. The van der Waals surface area contributed by atoms with Gasteiger partial charge in [0.15, 0.2) is 0 Å². The summed E-state index contributed by atoms with van der Waals surface area (Å²) in [6, 6.07) is 11.6. The van der Waals surface area contributed by atoms with Gasteiger partial charge in [0.2, 0.25) is 0 Å². The van der Waals surface area contributed by atoms with Crippen molar-refractivity contribution in [2.24, 2.45) is 0 Å². The molecular formula is C20H26FN. The molecule has 0 fully saturated rings. The summed E-state index contributed by atoms with van der Waals surface area (Å²) >= 11 is 0. The molecule has 0 N–H and O–H groups in total. The summed E-state index contributed by atoms with van der Waals surface area (Å²) in [6.07, 6.45) is 13.0. The molecule has 0 bridgehead atoms. The summed E-state index contributed by atoms with van der Waals surface area (Å²) in [7, 11) is 0. The maximum atomic E-state index is 14.0. The molecule has 2 rings (SSSR count). The minimum Gasteiger partial charge on any atom is -0.318 e. The van der Waals surface area contributed by atoms with Gasteiger partial charge in [-0.15, -0.1) is 6.58 Å². The Morgan fingerprint density at radius 2 is 1.59 bits per heavy atom. The molecule has 0 saturated heterocycles. The molecule has 2 heteroatoms. The molecule has 0 radical (unpaired) electrons. The molecule has 22 heavy (non-hydrogen) atoms. The summed E-state index contributed by atoms with van der Waals surface area (Å²) < 4.78 is 16.0. The van der Waals surface area contributed by atoms with Crippen molar-refractivity contribution in [3.8, 4) is 5.69 Å². The van der Waals surface area contributed by atoms with Crippen molar-refractivity contribution < 1.29 is 4.39 Å². The van der Waals surface area contributed by atoms with Crippen LogP contribution < -0.4 is 0 Å². The number of aromatic nitrogens is 1. The van der Waals surface area contributed by atoms with Gasteiger partial charge < -0.3 is 4.57 Å². The summed E-state index contributed by atoms with van der Waals surface area (Å²) in [6.45, 7) is 3.74. The van der Waals surface area contributed by atoms with E-state index in [0.717, 1.165) is 30.6 Å². The number of halogens is 1. The first kappa shape index (κ1) is 16.5. The second-order valence-electron chi connectivity index (χ2n) is 5.76. The van der Waals surface area contributed by atoms with Gasteiger partial charge in [-0.25, -0.2) is 4.39 Å². The molecule has 0 saturated carbocycles. The Morgan fingerprint density at radius 1 is 0.909 bits per heavy atom. The maximum absolute atomic E-state index is 14.0. The zero-order valence-electron chi connectivity index (χ0n) is 13.3. The van der Waals surface area contributed by atoms with Crippen LogP contribution in [0.5, 0.6) is 0 Å². The van der Waals surface area contributed by atoms with Gasteiger partial charge in [0.1, 0.15) is 5.82 Å². The van der Waals surface area contributed by atoms with Crippen molar-refractivity contribution >= 4 is 0 Å². The van der Waals surface area contributed by atoms with E-state index in [2.05, 4.69) is 6.58 Å². The van der Waals surface area contributed by atoms with Gasteiger partial charge in [-0.1, -0.05) is 50.0 Å². The third-order valence-corrected chi connectivity index (χ3v) is 4.04. The molecule has 1 nitrogen and oxygen atoms in total. The van der Waals surface area contributed by atoms with E-state index in [-0.39, 0.29) is 5.82 Å². The average Bonchev–Trinajstić information content (AvgIpc) is 2.92. The van der Waals surface area contributed by atoms with Crippen molar-refractivity contribution in [2.75, 3.05) is 0 Å². The Balaban J connectivity index is 1.79. The fourth-order valence-corrected chi connectivity index (χ4v) is 2.80. The minimum absolute atomic E-state index is 0.0881. The highest BCUT2D eigenvalue weighted by Gasteiger charge is 2.09. The van der Waals surface area contributed by atoms with Crippen LogP contribution in [-0.2, 0) is 6.42 Å². The molecule has 0 amide bonds. The smallest absolute Gasteiger partial charge is 0.144 e. The van der Waals surface area contributed by atoms with Crippen LogP contribution in [0.15, 0.2) is 55.3 Å². The van der Waals surface area contributed by atoms with Gasteiger partial charge in [0, 0.05) is 11.9 Å². The topological polar surface area (TPSA) is 4.93 Å². The van der Waals surface area contributed by atoms with Crippen LogP contribution in [0.4, 0.5) is 4.39 Å². The quantitative estimate of drug-likeness (QED) is 0.370. The van der Waals surface area contributed by atoms with Gasteiger partial charge in [-0.3, -0.25) is 0 Å². The van der Waals surface area contributed by atoms with Crippen LogP contribution >= 0.6 is 0 Å². The molecule has 0 aliphatic rings. The van der Waals surface area contributed by atoms with Crippen LogP contribution in [0.3, 0.4) is 0 Å². The lowest BCUT2D eigenvalue weighted by atomic mass is 10.1. The van der Waals surface area contributed by atoms with Crippen molar-refractivity contribution in [2.45, 2.75) is 51.4 Å². The van der Waals surface area contributed by atoms with Crippen LogP contribution in [0.25, 0.3) is 5.69 Å². The highest BCUT2D eigenvalue weighted by molar-refractivity contribution is 5.35. The van der Waals surface area contributed by atoms with Gasteiger partial charge >= 0.3 is 0 Å². The third-order valence-electron chi connectivity index (χ3n) is 4.04. The second kappa shape index (κ2) is 9.24. The molecule has 1 aromatic heterocycles. The molecule has 0 aliphatic carbocycles. The van der Waals surface area contributed by atoms with Crippen molar-refractivity contribution in [1.29, 1.82) is 0 Å². The van der Waals surface area contributed by atoms with E-state index >= 15 is 0 Å². The number of allylic oxidation sites excluding steroid dienone is 1. The number of nitrogens with zero attached hydrogens (tertiary/aromatic N) is 1. The van der Waals surface area contributed by atoms with Crippen LogP contribution in [-0.4, -0.2) is 4.57 Å². The fourth-order valence-electron chi connectivity index (χ4n) is 2.80. The Bertz CT molecular complexity index is 556. The van der Waals surface area contributed by atoms with Gasteiger partial charge in [0.25, 0.3) is 0 Å². The van der Waals surface area contributed by atoms with Crippen LogP contribution in [0, 0.1) is 5.82 Å². The molecule has 1 aromatic carbocycles. The number of para-hydroxylation sites is 1. The van der Waals surface area contributed by atoms with Crippen molar-refractivity contribution in [3.05, 3.63) is 66.8 Å². The van der Waals surface area contributed by atoms with Crippen molar-refractivity contribution in [1.82, 2.24) is 4.57 Å². The molecule has 0 aliphatic heterocycles. The molecule has 118 valence electrons. The van der Waals surface area contributed by atoms with E-state index in [9.17, 15) is 4.39 Å². The number of hydrogen-bond acceptors (Lipinski definition) is 0. The zero-order chi connectivity index (χ0) is 15.6. The summed E-state index contributed by atoms with van der Waals surface area (Å²) in [5.41, 5.74) is 1.84. The van der Waals surface area contributed by atoms with E-state index in [0.29, 0.717) is 0 Å². The summed E-state index contributed by atoms with van der Waals surface area (Å²) in [4.78, 5) is 0. The van der Waals surface area contributed by atoms with Crippen LogP contribution in [0.2, 0.25) is 0 Å². The molecule has 2 aromatic rings. The Hall–Kier alpha value is -1.83. The minimum atomic E-state index is -0.0881. The lowest BCUT2D eigenvalue weighted by Gasteiger charge is -2.09. The highest BCUT2D eigenvalue weighted by Crippen LogP contribution is 2.19. The largest absolute Gasteiger partial charge is 0.318 e. The van der Waals surface area contributed by atoms with E-state index < -0.39 is 0 Å². The monoisotopic (exact) mass is 299 g/mol. The highest BCUT2D eigenvalue weighted by atomic mass is 19.1. The first-order valence-electron chi connectivity index (χ1n) is 8.35. The molecule has 0 unspecified atom stereocenters. The SMILES string of the molecule is C=CCCCCCCCCc1c(F)ccn1-c1ccccc1. The molecule has 0 spiro atoms. The second-order valence-corrected chi connectivity index (χ2v) is 5.76. The standard InChI is InChI=1S/C20H26FN/c1-2-3-4-5-6-7-8-12-15-20-19(21)16-17-22(20)18-13-10-9-11-14-18/h2,9-11,13-14,16-17H,1,3-8,12,15H2. The Kier molecular flexibility index (Phi) is 6.95. The molecule has 0 atom stereocenters. The normalized spacial score (nSPS) is 10.8. The predicted molar refractivity (Wildman–Crippen MR) is 91.9 cm³/mol. The van der Waals surface area contributed by atoms with E-state index in [1.54, 1.807) is 6.07 Å². The number of hydrogen-bond donors (Lipinski definition) is 0. The van der Waals surface area contributed by atoms with Gasteiger partial charge in [-0.2, -0.15) is 0 Å². The summed E-state index contributed by atoms with van der Waals surface area (Å²) in [5, 5.41) is 0. The van der Waals surface area contributed by atoms with E-state index in [1.165, 1.54) is 32.1 Å². The maximum Gasteiger partial charge on any atom is 0.144 e. The van der Waals surface area contributed by atoms with E-state index in [1.807, 2.05) is 47.2 Å². The number of rotatable bonds is 10. The lowest BCUT2D eigenvalue weighted by Crippen LogP contribution is -2.01. The van der Waals surface area contributed by atoms with Gasteiger partial charge in [-0.05, 0) is 43.9 Å². The number of benzene rings is 1. The number of unbranched alkanes of at least 4 members (excludes halogenated alkanes) is 6. The summed E-state index contributed by atoms with van der Waals surface area (Å²) in [5.74, 6) is -0.0881. The fraction of sp³-hybridized carbons (Fsp3) is 0.400. The first-order valence-corrected chi connectivity index (χ1v) is 8.35. The third kappa shape index (κ3) is 4.87. The predicted octanol–water partition coefficient (Wildman–Crippen LogP) is 6.08. The van der Waals surface area contributed by atoms with Crippen LogP contribution in [0.1, 0.15) is 50.6 Å². The average molecular weight is 299 g/mol. The van der Waals surface area contributed by atoms with Crippen molar-refractivity contribution in [3.63, 3.8) is 0 Å². The first-order chi connectivity index (χ1) is 10.8. The zero-order valence-corrected chi connectivity index (χ0v) is 13.3.